The first-order valence-corrected chi connectivity index (χ1v) is 6.67. The fraction of sp³-hybridized carbons (Fsp3) is 0. The lowest BCUT2D eigenvalue weighted by molar-refractivity contribution is -0.111. The Morgan fingerprint density at radius 3 is 2.79 bits per heavy atom. The molecular weight excluding hydrogens is 328 g/mol. The lowest BCUT2D eigenvalue weighted by Gasteiger charge is -2.04. The molecule has 3 nitrogen and oxygen atoms in total. The minimum atomic E-state index is -0.259. The molecule has 19 heavy (non-hydrogen) atoms. The maximum Gasteiger partial charge on any atom is 0.248 e. The van der Waals surface area contributed by atoms with E-state index in [-0.39, 0.29) is 11.1 Å². The molecule has 96 valence electrons. The highest BCUT2D eigenvalue weighted by atomic mass is 79.9. The van der Waals surface area contributed by atoms with Gasteiger partial charge < -0.3 is 5.32 Å². The van der Waals surface area contributed by atoms with E-state index in [0.29, 0.717) is 5.69 Å². The molecule has 1 amide bonds. The summed E-state index contributed by atoms with van der Waals surface area (Å²) < 4.78 is 0.749. The van der Waals surface area contributed by atoms with Crippen molar-refractivity contribution in [2.45, 2.75) is 0 Å². The third-order valence-corrected chi connectivity index (χ3v) is 3.03. The first-order valence-electron chi connectivity index (χ1n) is 5.50. The Balaban J connectivity index is 2.06. The number of hydrogen-bond donors (Lipinski definition) is 1. The number of benzene rings is 1. The van der Waals surface area contributed by atoms with Gasteiger partial charge in [0.05, 0.1) is 5.69 Å². The van der Waals surface area contributed by atoms with E-state index >= 15 is 0 Å². The summed E-state index contributed by atoms with van der Waals surface area (Å²) in [5.41, 5.74) is 1.43. The molecule has 0 radical (unpaired) electrons. The second kappa shape index (κ2) is 6.50. The molecule has 0 spiro atoms. The molecule has 0 aliphatic rings. The Morgan fingerprint density at radius 1 is 1.32 bits per heavy atom. The van der Waals surface area contributed by atoms with Gasteiger partial charge in [-0.05, 0) is 33.6 Å². The van der Waals surface area contributed by atoms with Gasteiger partial charge >= 0.3 is 0 Å². The summed E-state index contributed by atoms with van der Waals surface area (Å²) in [7, 11) is 0. The zero-order chi connectivity index (χ0) is 13.7. The number of carbonyl (C=O) groups excluding carboxylic acids is 1. The highest BCUT2D eigenvalue weighted by molar-refractivity contribution is 9.10. The van der Waals surface area contributed by atoms with Gasteiger partial charge in [0, 0.05) is 16.7 Å². The number of pyridine rings is 1. The van der Waals surface area contributed by atoms with E-state index < -0.39 is 0 Å². The van der Waals surface area contributed by atoms with Crippen molar-refractivity contribution in [1.82, 2.24) is 4.98 Å². The van der Waals surface area contributed by atoms with E-state index in [1.807, 2.05) is 30.3 Å². The van der Waals surface area contributed by atoms with Gasteiger partial charge in [-0.3, -0.25) is 4.79 Å². The zero-order valence-electron chi connectivity index (χ0n) is 9.81. The standard InChI is InChI=1S/C14H10BrClN2O/c15-11-8-12(14(16)17-9-11)18-13(19)7-6-10-4-2-1-3-5-10/h1-9H,(H,18,19)/b7-6+. The number of nitrogens with zero attached hydrogens (tertiary/aromatic N) is 1. The SMILES string of the molecule is O=C(/C=C/c1ccccc1)Nc1cc(Br)cnc1Cl. The molecule has 0 saturated carbocycles. The Bertz CT molecular complexity index is 614. The van der Waals surface area contributed by atoms with Gasteiger partial charge in [0.25, 0.3) is 0 Å². The summed E-state index contributed by atoms with van der Waals surface area (Å²) in [5.74, 6) is -0.259. The van der Waals surface area contributed by atoms with Crippen LogP contribution in [0.1, 0.15) is 5.56 Å². The Morgan fingerprint density at radius 2 is 2.05 bits per heavy atom. The normalized spacial score (nSPS) is 10.6. The van der Waals surface area contributed by atoms with Gasteiger partial charge in [-0.1, -0.05) is 41.9 Å². The second-order valence-corrected chi connectivity index (χ2v) is 5.00. The molecular formula is C14H10BrClN2O. The summed E-state index contributed by atoms with van der Waals surface area (Å²) in [5, 5.41) is 2.93. The molecule has 0 atom stereocenters. The van der Waals surface area contributed by atoms with Crippen molar-refractivity contribution in [3.63, 3.8) is 0 Å². The molecule has 0 aliphatic heterocycles. The van der Waals surface area contributed by atoms with E-state index in [4.69, 9.17) is 11.6 Å². The maximum atomic E-state index is 11.7. The summed E-state index contributed by atoms with van der Waals surface area (Å²) in [6, 6.07) is 11.3. The molecule has 2 aromatic rings. The van der Waals surface area contributed by atoms with Gasteiger partial charge in [0.2, 0.25) is 5.91 Å². The molecule has 0 fully saturated rings. The molecule has 1 heterocycles. The van der Waals surface area contributed by atoms with Crippen molar-refractivity contribution in [3.05, 3.63) is 63.9 Å². The quantitative estimate of drug-likeness (QED) is 0.675. The van der Waals surface area contributed by atoms with Crippen LogP contribution in [-0.4, -0.2) is 10.9 Å². The molecule has 0 saturated heterocycles. The van der Waals surface area contributed by atoms with Gasteiger partial charge in [-0.2, -0.15) is 0 Å². The van der Waals surface area contributed by atoms with Crippen LogP contribution in [-0.2, 0) is 4.79 Å². The summed E-state index contributed by atoms with van der Waals surface area (Å²) in [4.78, 5) is 15.7. The number of carbonyl (C=O) groups is 1. The number of amides is 1. The summed E-state index contributed by atoms with van der Waals surface area (Å²) >= 11 is 9.16. The lowest BCUT2D eigenvalue weighted by Crippen LogP contribution is -2.08. The largest absolute Gasteiger partial charge is 0.320 e. The van der Waals surface area contributed by atoms with Crippen molar-refractivity contribution in [2.75, 3.05) is 5.32 Å². The average molecular weight is 338 g/mol. The lowest BCUT2D eigenvalue weighted by atomic mass is 10.2. The number of nitrogens with one attached hydrogen (secondary N) is 1. The third-order valence-electron chi connectivity index (χ3n) is 2.29. The predicted octanol–water partition coefficient (Wildman–Crippen LogP) is 4.15. The first-order chi connectivity index (χ1) is 9.15. The monoisotopic (exact) mass is 336 g/mol. The zero-order valence-corrected chi connectivity index (χ0v) is 12.1. The fourth-order valence-corrected chi connectivity index (χ4v) is 1.90. The molecule has 0 unspecified atom stereocenters. The van der Waals surface area contributed by atoms with Crippen LogP contribution in [0.25, 0.3) is 6.08 Å². The van der Waals surface area contributed by atoms with Gasteiger partial charge in [0.15, 0.2) is 5.15 Å². The summed E-state index contributed by atoms with van der Waals surface area (Å²) in [6.45, 7) is 0. The van der Waals surface area contributed by atoms with Crippen molar-refractivity contribution < 1.29 is 4.79 Å². The van der Waals surface area contributed by atoms with Crippen LogP contribution in [0.2, 0.25) is 5.15 Å². The molecule has 1 aromatic carbocycles. The van der Waals surface area contributed by atoms with Gasteiger partial charge in [-0.15, -0.1) is 0 Å². The Hall–Kier alpha value is -1.65. The smallest absolute Gasteiger partial charge is 0.248 e. The number of anilines is 1. The van der Waals surface area contributed by atoms with E-state index in [1.54, 1.807) is 18.3 Å². The molecule has 1 N–H and O–H groups in total. The van der Waals surface area contributed by atoms with E-state index in [2.05, 4.69) is 26.2 Å². The van der Waals surface area contributed by atoms with Crippen LogP contribution in [0, 0.1) is 0 Å². The van der Waals surface area contributed by atoms with E-state index in [9.17, 15) is 4.79 Å². The van der Waals surface area contributed by atoms with Crippen LogP contribution in [0.5, 0.6) is 0 Å². The highest BCUT2D eigenvalue weighted by Crippen LogP contribution is 2.22. The Kier molecular flexibility index (Phi) is 4.71. The van der Waals surface area contributed by atoms with E-state index in [0.717, 1.165) is 10.0 Å². The molecule has 0 aliphatic carbocycles. The van der Waals surface area contributed by atoms with Crippen molar-refractivity contribution in [2.24, 2.45) is 0 Å². The van der Waals surface area contributed by atoms with Crippen LogP contribution in [0.3, 0.4) is 0 Å². The number of rotatable bonds is 3. The minimum Gasteiger partial charge on any atom is -0.320 e. The molecule has 5 heteroatoms. The molecule has 1 aromatic heterocycles. The number of hydrogen-bond acceptors (Lipinski definition) is 2. The summed E-state index contributed by atoms with van der Waals surface area (Å²) in [6.07, 6.45) is 4.75. The maximum absolute atomic E-state index is 11.7. The van der Waals surface area contributed by atoms with Crippen LogP contribution < -0.4 is 5.32 Å². The molecule has 2 rings (SSSR count). The first kappa shape index (κ1) is 13.8. The van der Waals surface area contributed by atoms with Crippen LogP contribution in [0.15, 0.2) is 53.1 Å². The number of halogens is 2. The third kappa shape index (κ3) is 4.19. The Labute approximate surface area is 124 Å². The number of aromatic nitrogens is 1. The second-order valence-electron chi connectivity index (χ2n) is 3.73. The van der Waals surface area contributed by atoms with Crippen molar-refractivity contribution in [3.8, 4) is 0 Å². The van der Waals surface area contributed by atoms with Crippen molar-refractivity contribution >= 4 is 45.2 Å². The molecule has 0 bridgehead atoms. The average Bonchev–Trinajstić information content (AvgIpc) is 2.42. The van der Waals surface area contributed by atoms with Crippen molar-refractivity contribution in [1.29, 1.82) is 0 Å². The predicted molar refractivity (Wildman–Crippen MR) is 81.1 cm³/mol. The topological polar surface area (TPSA) is 42.0 Å². The minimum absolute atomic E-state index is 0.254. The highest BCUT2D eigenvalue weighted by Gasteiger charge is 2.04. The van der Waals surface area contributed by atoms with Gasteiger partial charge in [-0.25, -0.2) is 4.98 Å². The van der Waals surface area contributed by atoms with E-state index in [1.165, 1.54) is 6.08 Å². The van der Waals surface area contributed by atoms with Crippen LogP contribution >= 0.6 is 27.5 Å². The van der Waals surface area contributed by atoms with Crippen LogP contribution in [0.4, 0.5) is 5.69 Å². The fourth-order valence-electron chi connectivity index (χ4n) is 1.42. The van der Waals surface area contributed by atoms with Gasteiger partial charge in [0.1, 0.15) is 0 Å².